The molecule has 0 spiro atoms. The number of pyridine rings is 1. The number of ether oxygens (including phenoxy) is 1. The molecule has 4 heteroatoms. The maximum atomic E-state index is 5.24. The van der Waals surface area contributed by atoms with Gasteiger partial charge in [0.25, 0.3) is 0 Å². The Bertz CT molecular complexity index is 671. The molecule has 2 aromatic rings. The van der Waals surface area contributed by atoms with Crippen LogP contribution in [0.25, 0.3) is 0 Å². The van der Waals surface area contributed by atoms with Crippen molar-refractivity contribution >= 4 is 0 Å². The van der Waals surface area contributed by atoms with Crippen LogP contribution >= 0.6 is 0 Å². The molecule has 1 aromatic carbocycles. The second kappa shape index (κ2) is 12.1. The van der Waals surface area contributed by atoms with Gasteiger partial charge in [-0.25, -0.2) is 0 Å². The first-order valence-electron chi connectivity index (χ1n) is 11.1. The van der Waals surface area contributed by atoms with Crippen molar-refractivity contribution in [3.63, 3.8) is 0 Å². The first-order chi connectivity index (χ1) is 14.2. The predicted octanol–water partition coefficient (Wildman–Crippen LogP) is 4.44. The minimum atomic E-state index is 0.590. The van der Waals surface area contributed by atoms with Crippen LogP contribution in [0.5, 0.6) is 0 Å². The number of piperidine rings is 1. The van der Waals surface area contributed by atoms with Crippen molar-refractivity contribution in [2.24, 2.45) is 5.92 Å². The lowest BCUT2D eigenvalue weighted by atomic mass is 9.94. The van der Waals surface area contributed by atoms with Crippen LogP contribution in [0, 0.1) is 5.92 Å². The molecule has 1 fully saturated rings. The molecular formula is C25H37N3O. The monoisotopic (exact) mass is 395 g/mol. The smallest absolute Gasteiger partial charge is 0.0589 e. The fourth-order valence-electron chi connectivity index (χ4n) is 4.28. The van der Waals surface area contributed by atoms with E-state index in [1.54, 1.807) is 7.11 Å². The molecule has 0 saturated carbocycles. The van der Waals surface area contributed by atoms with E-state index in [9.17, 15) is 0 Å². The van der Waals surface area contributed by atoms with Crippen LogP contribution in [0.2, 0.25) is 0 Å². The molecule has 1 aliphatic rings. The molecule has 0 bridgehead atoms. The fourth-order valence-corrected chi connectivity index (χ4v) is 4.28. The van der Waals surface area contributed by atoms with E-state index in [1.807, 2.05) is 12.4 Å². The van der Waals surface area contributed by atoms with Crippen molar-refractivity contribution in [2.45, 2.75) is 38.6 Å². The number of aromatic nitrogens is 1. The van der Waals surface area contributed by atoms with E-state index in [0.29, 0.717) is 5.92 Å². The zero-order valence-corrected chi connectivity index (χ0v) is 18.2. The van der Waals surface area contributed by atoms with E-state index >= 15 is 0 Å². The van der Waals surface area contributed by atoms with Crippen LogP contribution in [0.3, 0.4) is 0 Å². The van der Waals surface area contributed by atoms with Gasteiger partial charge in [-0.1, -0.05) is 37.3 Å². The van der Waals surface area contributed by atoms with Crippen molar-refractivity contribution in [3.05, 3.63) is 66.0 Å². The van der Waals surface area contributed by atoms with Crippen LogP contribution in [0.1, 0.15) is 43.2 Å². The van der Waals surface area contributed by atoms with Crippen LogP contribution in [-0.2, 0) is 11.3 Å². The van der Waals surface area contributed by atoms with Crippen molar-refractivity contribution in [1.29, 1.82) is 0 Å². The van der Waals surface area contributed by atoms with E-state index in [4.69, 9.17) is 4.74 Å². The second-order valence-corrected chi connectivity index (χ2v) is 8.47. The van der Waals surface area contributed by atoms with Gasteiger partial charge >= 0.3 is 0 Å². The predicted molar refractivity (Wildman–Crippen MR) is 120 cm³/mol. The molecular weight excluding hydrogens is 358 g/mol. The average Bonchev–Trinajstić information content (AvgIpc) is 2.78. The Morgan fingerprint density at radius 2 is 1.83 bits per heavy atom. The Morgan fingerprint density at radius 1 is 1.10 bits per heavy atom. The van der Waals surface area contributed by atoms with Gasteiger partial charge in [0.15, 0.2) is 0 Å². The van der Waals surface area contributed by atoms with Gasteiger partial charge in [-0.2, -0.15) is 0 Å². The summed E-state index contributed by atoms with van der Waals surface area (Å²) in [6.07, 6.45) is 7.61. The Hall–Kier alpha value is -1.75. The zero-order valence-electron chi connectivity index (χ0n) is 18.2. The minimum Gasteiger partial charge on any atom is -0.383 e. The summed E-state index contributed by atoms with van der Waals surface area (Å²) >= 11 is 0. The Kier molecular flexibility index (Phi) is 9.13. The largest absolute Gasteiger partial charge is 0.383 e. The summed E-state index contributed by atoms with van der Waals surface area (Å²) < 4.78 is 5.24. The average molecular weight is 396 g/mol. The highest BCUT2D eigenvalue weighted by atomic mass is 16.5. The molecule has 0 aliphatic carbocycles. The third-order valence-electron chi connectivity index (χ3n) is 6.24. The van der Waals surface area contributed by atoms with Crippen LogP contribution in [-0.4, -0.2) is 61.2 Å². The maximum Gasteiger partial charge on any atom is 0.0589 e. The molecule has 29 heavy (non-hydrogen) atoms. The summed E-state index contributed by atoms with van der Waals surface area (Å²) in [6.45, 7) is 10.0. The third-order valence-corrected chi connectivity index (χ3v) is 6.24. The minimum absolute atomic E-state index is 0.590. The molecule has 2 heterocycles. The van der Waals surface area contributed by atoms with Gasteiger partial charge in [-0.15, -0.1) is 0 Å². The molecule has 0 radical (unpaired) electrons. The SMILES string of the molecule is COCCN1CCC(CN(CC[C@H](C)c2ccccc2)Cc2ccncc2)CC1. The van der Waals surface area contributed by atoms with Crippen molar-refractivity contribution < 1.29 is 4.74 Å². The van der Waals surface area contributed by atoms with E-state index in [2.05, 4.69) is 64.2 Å². The number of hydrogen-bond acceptors (Lipinski definition) is 4. The molecule has 0 unspecified atom stereocenters. The quantitative estimate of drug-likeness (QED) is 0.562. The summed E-state index contributed by atoms with van der Waals surface area (Å²) in [5.41, 5.74) is 2.81. The normalized spacial score (nSPS) is 16.9. The summed E-state index contributed by atoms with van der Waals surface area (Å²) in [5, 5.41) is 0. The lowest BCUT2D eigenvalue weighted by molar-refractivity contribution is 0.104. The first-order valence-corrected chi connectivity index (χ1v) is 11.1. The number of hydrogen-bond donors (Lipinski definition) is 0. The fraction of sp³-hybridized carbons (Fsp3) is 0.560. The topological polar surface area (TPSA) is 28.6 Å². The van der Waals surface area contributed by atoms with Crippen molar-refractivity contribution in [2.75, 3.05) is 46.4 Å². The lowest BCUT2D eigenvalue weighted by Gasteiger charge is -2.35. The Labute approximate surface area is 176 Å². The third kappa shape index (κ3) is 7.54. The molecule has 0 amide bonds. The van der Waals surface area contributed by atoms with Gasteiger partial charge in [0.1, 0.15) is 0 Å². The highest BCUT2D eigenvalue weighted by molar-refractivity contribution is 5.18. The van der Waals surface area contributed by atoms with Gasteiger partial charge < -0.3 is 9.64 Å². The second-order valence-electron chi connectivity index (χ2n) is 8.47. The summed E-state index contributed by atoms with van der Waals surface area (Å²) in [4.78, 5) is 9.40. The van der Waals surface area contributed by atoms with Crippen LogP contribution in [0.15, 0.2) is 54.9 Å². The molecule has 3 rings (SSSR count). The van der Waals surface area contributed by atoms with E-state index in [-0.39, 0.29) is 0 Å². The highest BCUT2D eigenvalue weighted by Crippen LogP contribution is 2.22. The molecule has 1 aromatic heterocycles. The van der Waals surface area contributed by atoms with Gasteiger partial charge in [0.05, 0.1) is 6.61 Å². The summed E-state index contributed by atoms with van der Waals surface area (Å²) in [7, 11) is 1.79. The highest BCUT2D eigenvalue weighted by Gasteiger charge is 2.22. The molecule has 1 saturated heterocycles. The zero-order chi connectivity index (χ0) is 20.3. The number of methoxy groups -OCH3 is 1. The lowest BCUT2D eigenvalue weighted by Crippen LogP contribution is -2.40. The maximum absolute atomic E-state index is 5.24. The Morgan fingerprint density at radius 3 is 2.52 bits per heavy atom. The van der Waals surface area contributed by atoms with Crippen molar-refractivity contribution in [1.82, 2.24) is 14.8 Å². The molecule has 1 atom stereocenters. The van der Waals surface area contributed by atoms with Gasteiger partial charge in [-0.3, -0.25) is 9.88 Å². The number of rotatable bonds is 11. The van der Waals surface area contributed by atoms with Gasteiger partial charge in [0, 0.05) is 39.1 Å². The molecule has 4 nitrogen and oxygen atoms in total. The molecule has 1 aliphatic heterocycles. The van der Waals surface area contributed by atoms with Gasteiger partial charge in [-0.05, 0) is 74.0 Å². The summed E-state index contributed by atoms with van der Waals surface area (Å²) in [6, 6.07) is 15.2. The van der Waals surface area contributed by atoms with Gasteiger partial charge in [0.2, 0.25) is 0 Å². The number of likely N-dealkylation sites (tertiary alicyclic amines) is 1. The molecule has 0 N–H and O–H groups in total. The van der Waals surface area contributed by atoms with E-state index < -0.39 is 0 Å². The number of nitrogens with zero attached hydrogens (tertiary/aromatic N) is 3. The van der Waals surface area contributed by atoms with E-state index in [0.717, 1.165) is 32.2 Å². The van der Waals surface area contributed by atoms with Crippen LogP contribution in [0.4, 0.5) is 0 Å². The van der Waals surface area contributed by atoms with E-state index in [1.165, 1.54) is 50.0 Å². The number of benzene rings is 1. The Balaban J connectivity index is 1.53. The molecule has 158 valence electrons. The standard InChI is InChI=1S/C25H37N3O/c1-22(25-6-4-3-5-7-25)10-15-28(20-23-8-13-26-14-9-23)21-24-11-16-27(17-12-24)18-19-29-2/h3-9,13-14,22,24H,10-12,15-21H2,1-2H3/t22-/m0/s1. The summed E-state index contributed by atoms with van der Waals surface area (Å²) in [5.74, 6) is 1.38. The van der Waals surface area contributed by atoms with Crippen molar-refractivity contribution in [3.8, 4) is 0 Å². The van der Waals surface area contributed by atoms with Crippen LogP contribution < -0.4 is 0 Å². The first kappa shape index (κ1) is 21.9.